The second kappa shape index (κ2) is 12.0. The van der Waals surface area contributed by atoms with Crippen molar-refractivity contribution in [1.29, 1.82) is 0 Å². The molecule has 0 nitrogen and oxygen atoms in total. The first-order chi connectivity index (χ1) is 23.5. The molecule has 0 spiro atoms. The second-order valence-corrected chi connectivity index (χ2v) is 10.2. The van der Waals surface area contributed by atoms with Gasteiger partial charge in [0.05, 0.1) is 5.39 Å². The van der Waals surface area contributed by atoms with E-state index in [4.69, 9.17) is 0 Å². The van der Waals surface area contributed by atoms with Gasteiger partial charge in [-0.15, -0.1) is 21.9 Å². The number of hydrogen-bond donors (Lipinski definition) is 0. The summed E-state index contributed by atoms with van der Waals surface area (Å²) in [7, 11) is 0. The normalized spacial score (nSPS) is 12.1. The van der Waals surface area contributed by atoms with Crippen LogP contribution in [0.4, 0.5) is 96.6 Å². The predicted octanol–water partition coefficient (Wildman–Crippen LogP) is 7.28. The SMILES string of the molecule is Fc1c(F)c(F)c([B-](c2c(F)c(F)c(F)c(F)c2F)(c2c(F)c(F)c(F)c(F)c2F)c2c(F)c(F)c(F)c3c(F)c(F)c(F)c(F)c23)c(F)c1F. The lowest BCUT2D eigenvalue weighted by Crippen LogP contribution is -2.80. The Labute approximate surface area is 264 Å². The molecule has 0 amide bonds. The molecular formula is C28BF22-. The summed E-state index contributed by atoms with van der Waals surface area (Å²) < 4.78 is 331. The Morgan fingerprint density at radius 3 is 0.569 bits per heavy atom. The monoisotopic (exact) mass is 765 g/mol. The topological polar surface area (TPSA) is 0 Å². The van der Waals surface area contributed by atoms with Crippen LogP contribution in [-0.4, -0.2) is 6.15 Å². The highest BCUT2D eigenvalue weighted by molar-refractivity contribution is 7.21. The summed E-state index contributed by atoms with van der Waals surface area (Å²) in [5.74, 6) is -79.2. The lowest BCUT2D eigenvalue weighted by atomic mass is 9.12. The summed E-state index contributed by atoms with van der Waals surface area (Å²) in [6.07, 6.45) is -7.42. The summed E-state index contributed by atoms with van der Waals surface area (Å²) in [5, 5.41) is -6.18. The summed E-state index contributed by atoms with van der Waals surface area (Å²) in [6.45, 7) is 0. The van der Waals surface area contributed by atoms with Crippen molar-refractivity contribution in [1.82, 2.24) is 0 Å². The van der Waals surface area contributed by atoms with E-state index in [2.05, 4.69) is 0 Å². The van der Waals surface area contributed by atoms with Gasteiger partial charge >= 0.3 is 0 Å². The van der Waals surface area contributed by atoms with Crippen molar-refractivity contribution in [3.8, 4) is 0 Å². The molecule has 270 valence electrons. The third kappa shape index (κ3) is 4.54. The molecule has 5 aromatic carbocycles. The van der Waals surface area contributed by atoms with E-state index < -0.39 is 167 Å². The number of halogens is 22. The van der Waals surface area contributed by atoms with Gasteiger partial charge in [-0.05, 0) is 5.39 Å². The van der Waals surface area contributed by atoms with E-state index >= 15 is 39.5 Å². The van der Waals surface area contributed by atoms with Gasteiger partial charge in [0.2, 0.25) is 0 Å². The summed E-state index contributed by atoms with van der Waals surface area (Å²) in [6, 6.07) is 0. The van der Waals surface area contributed by atoms with Gasteiger partial charge in [-0.2, -0.15) is 0 Å². The Balaban J connectivity index is 2.47. The Kier molecular flexibility index (Phi) is 8.74. The van der Waals surface area contributed by atoms with Crippen LogP contribution in [0, 0.1) is 128 Å². The minimum atomic E-state index is -7.42. The number of hydrogen-bond acceptors (Lipinski definition) is 0. The van der Waals surface area contributed by atoms with Crippen LogP contribution < -0.4 is 21.9 Å². The molecule has 0 bridgehead atoms. The highest BCUT2D eigenvalue weighted by Gasteiger charge is 2.52. The average molecular weight is 765 g/mol. The molecule has 23 heteroatoms. The predicted molar refractivity (Wildman–Crippen MR) is 127 cm³/mol. The molecule has 0 saturated carbocycles. The van der Waals surface area contributed by atoms with Crippen molar-refractivity contribution in [2.24, 2.45) is 0 Å². The zero-order valence-electron chi connectivity index (χ0n) is 22.9. The maximum Gasteiger partial charge on any atom is 0.200 e. The van der Waals surface area contributed by atoms with Crippen LogP contribution in [-0.2, 0) is 0 Å². The zero-order chi connectivity index (χ0) is 38.7. The van der Waals surface area contributed by atoms with E-state index in [1.807, 2.05) is 0 Å². The first kappa shape index (κ1) is 37.1. The number of benzene rings is 5. The molecule has 51 heavy (non-hydrogen) atoms. The van der Waals surface area contributed by atoms with E-state index in [1.165, 1.54) is 0 Å². The van der Waals surface area contributed by atoms with Crippen molar-refractivity contribution in [2.75, 3.05) is 0 Å². The third-order valence-electron chi connectivity index (χ3n) is 7.84. The van der Waals surface area contributed by atoms with E-state index in [1.54, 1.807) is 0 Å². The van der Waals surface area contributed by atoms with Crippen molar-refractivity contribution >= 4 is 38.8 Å². The van der Waals surface area contributed by atoms with Crippen LogP contribution in [0.5, 0.6) is 0 Å². The zero-order valence-corrected chi connectivity index (χ0v) is 22.9. The van der Waals surface area contributed by atoms with Gasteiger partial charge in [0.15, 0.2) is 87.3 Å². The molecule has 0 aliphatic rings. The molecule has 0 heterocycles. The molecule has 0 radical (unpaired) electrons. The number of rotatable bonds is 4. The molecule has 0 aliphatic carbocycles. The summed E-state index contributed by atoms with van der Waals surface area (Å²) in [5.41, 5.74) is -14.6. The van der Waals surface area contributed by atoms with Crippen molar-refractivity contribution in [3.05, 3.63) is 128 Å². The molecule has 0 aromatic heterocycles. The molecular weight excluding hydrogens is 765 g/mol. The molecule has 5 aromatic rings. The third-order valence-corrected chi connectivity index (χ3v) is 7.84. The minimum Gasteiger partial charge on any atom is -0.207 e. The molecule has 0 aliphatic heterocycles. The van der Waals surface area contributed by atoms with Crippen LogP contribution in [0.25, 0.3) is 10.8 Å². The van der Waals surface area contributed by atoms with Crippen molar-refractivity contribution in [2.45, 2.75) is 0 Å². The Hall–Kier alpha value is -5.12. The van der Waals surface area contributed by atoms with Crippen LogP contribution in [0.3, 0.4) is 0 Å². The van der Waals surface area contributed by atoms with E-state index in [9.17, 15) is 57.1 Å². The first-order valence-corrected chi connectivity index (χ1v) is 12.6. The van der Waals surface area contributed by atoms with Gasteiger partial charge in [0.1, 0.15) is 46.9 Å². The largest absolute Gasteiger partial charge is 0.207 e. The van der Waals surface area contributed by atoms with Crippen LogP contribution >= 0.6 is 0 Å². The average Bonchev–Trinajstić information content (AvgIpc) is 3.09. The van der Waals surface area contributed by atoms with Gasteiger partial charge in [-0.25, -0.2) is 96.6 Å². The van der Waals surface area contributed by atoms with Gasteiger partial charge < -0.3 is 0 Å². The lowest BCUT2D eigenvalue weighted by Gasteiger charge is -2.45. The minimum absolute atomic E-state index is 3.00. The summed E-state index contributed by atoms with van der Waals surface area (Å²) >= 11 is 0. The Morgan fingerprint density at radius 1 is 0.157 bits per heavy atom. The van der Waals surface area contributed by atoms with E-state index in [0.717, 1.165) is 0 Å². The fourth-order valence-electron chi connectivity index (χ4n) is 5.80. The van der Waals surface area contributed by atoms with Crippen LogP contribution in [0.15, 0.2) is 0 Å². The first-order valence-electron chi connectivity index (χ1n) is 12.6. The Bertz CT molecular complexity index is 2140. The van der Waals surface area contributed by atoms with E-state index in [-0.39, 0.29) is 0 Å². The van der Waals surface area contributed by atoms with Crippen molar-refractivity contribution < 1.29 is 96.6 Å². The molecule has 0 N–H and O–H groups in total. The number of fused-ring (bicyclic) bond motifs is 1. The summed E-state index contributed by atoms with van der Waals surface area (Å²) in [4.78, 5) is 0. The van der Waals surface area contributed by atoms with Gasteiger partial charge in [0.25, 0.3) is 0 Å². The van der Waals surface area contributed by atoms with E-state index in [0.29, 0.717) is 0 Å². The van der Waals surface area contributed by atoms with Gasteiger partial charge in [-0.3, -0.25) is 0 Å². The molecule has 0 unspecified atom stereocenters. The quantitative estimate of drug-likeness (QED) is 0.0782. The maximum atomic E-state index is 16.1. The van der Waals surface area contributed by atoms with Crippen molar-refractivity contribution in [3.63, 3.8) is 0 Å². The molecule has 0 atom stereocenters. The molecule has 5 rings (SSSR count). The van der Waals surface area contributed by atoms with Gasteiger partial charge in [0, 0.05) is 0 Å². The fourth-order valence-corrected chi connectivity index (χ4v) is 5.80. The highest BCUT2D eigenvalue weighted by Crippen LogP contribution is 2.35. The lowest BCUT2D eigenvalue weighted by molar-refractivity contribution is 0.379. The standard InChI is InChI=1S/C28BF22/c30-7-1-2(9(32)19(42)18(7)41)8(31)17(40)10(33)3(1)29(4-11(34)20(43)26(49)21(44)12(4)35,5-13(36)22(45)27(50)23(46)14(5)37)6-15(38)24(47)28(51)25(48)16(6)39/q-1. The fraction of sp³-hybridized carbons (Fsp3) is 0. The highest BCUT2D eigenvalue weighted by atomic mass is 19.2. The smallest absolute Gasteiger partial charge is 0.200 e. The molecule has 0 saturated heterocycles. The maximum absolute atomic E-state index is 16.1. The van der Waals surface area contributed by atoms with Gasteiger partial charge in [-0.1, -0.05) is 0 Å². The molecule has 0 fully saturated rings. The Morgan fingerprint density at radius 2 is 0.314 bits per heavy atom. The van der Waals surface area contributed by atoms with Crippen LogP contribution in [0.1, 0.15) is 0 Å². The van der Waals surface area contributed by atoms with Crippen LogP contribution in [0.2, 0.25) is 0 Å². The second-order valence-electron chi connectivity index (χ2n) is 10.2.